The van der Waals surface area contributed by atoms with Gasteiger partial charge in [0.25, 0.3) is 0 Å². The molecule has 1 fully saturated rings. The van der Waals surface area contributed by atoms with Crippen LogP contribution in [0, 0.1) is 0 Å². The Morgan fingerprint density at radius 3 is 2.76 bits per heavy atom. The monoisotopic (exact) mass is 351 g/mol. The number of thiazole rings is 1. The number of aromatic nitrogens is 1. The second-order valence-corrected chi connectivity index (χ2v) is 7.50. The Hall–Kier alpha value is -2.40. The molecule has 2 heterocycles. The molecule has 0 radical (unpaired) electrons. The number of hydrogen-bond donors (Lipinski definition) is 1. The van der Waals surface area contributed by atoms with E-state index in [0.29, 0.717) is 0 Å². The highest BCUT2D eigenvalue weighted by Gasteiger charge is 2.23. The number of rotatable bonds is 4. The van der Waals surface area contributed by atoms with Gasteiger partial charge in [0.05, 0.1) is 10.2 Å². The third-order valence-corrected chi connectivity index (χ3v) is 5.66. The average molecular weight is 351 g/mol. The third kappa shape index (κ3) is 3.37. The summed E-state index contributed by atoms with van der Waals surface area (Å²) in [6.45, 7) is 3.71. The molecule has 0 aliphatic carbocycles. The molecule has 1 amide bonds. The fourth-order valence-corrected chi connectivity index (χ4v) is 4.22. The zero-order valence-corrected chi connectivity index (χ0v) is 15.1. The molecule has 1 saturated heterocycles. The minimum Gasteiger partial charge on any atom is -0.374 e. The summed E-state index contributed by atoms with van der Waals surface area (Å²) in [5, 5.41) is 4.35. The smallest absolute Gasteiger partial charge is 0.244 e. The lowest BCUT2D eigenvalue weighted by Crippen LogP contribution is -2.39. The van der Waals surface area contributed by atoms with Gasteiger partial charge in [-0.05, 0) is 44.0 Å². The van der Waals surface area contributed by atoms with Crippen LogP contribution in [0.1, 0.15) is 19.8 Å². The van der Waals surface area contributed by atoms with Gasteiger partial charge in [0, 0.05) is 24.3 Å². The van der Waals surface area contributed by atoms with Crippen LogP contribution in [-0.2, 0) is 4.79 Å². The average Bonchev–Trinajstić information content (AvgIpc) is 3.30. The van der Waals surface area contributed by atoms with E-state index in [2.05, 4.69) is 23.5 Å². The number of benzene rings is 2. The molecule has 5 heteroatoms. The molecule has 0 unspecified atom stereocenters. The Bertz CT molecular complexity index is 866. The maximum atomic E-state index is 12.5. The van der Waals surface area contributed by atoms with Gasteiger partial charge in [-0.15, -0.1) is 11.3 Å². The summed E-state index contributed by atoms with van der Waals surface area (Å²) in [5.74, 6) is 0.183. The summed E-state index contributed by atoms with van der Waals surface area (Å²) < 4.78 is 1.19. The van der Waals surface area contributed by atoms with E-state index in [-0.39, 0.29) is 11.9 Å². The fourth-order valence-electron chi connectivity index (χ4n) is 3.26. The van der Waals surface area contributed by atoms with Gasteiger partial charge in [0.15, 0.2) is 0 Å². The Balaban J connectivity index is 1.53. The van der Waals surface area contributed by atoms with Crippen molar-refractivity contribution < 1.29 is 4.79 Å². The van der Waals surface area contributed by atoms with Gasteiger partial charge < -0.3 is 10.2 Å². The maximum Gasteiger partial charge on any atom is 0.244 e. The molecule has 128 valence electrons. The van der Waals surface area contributed by atoms with E-state index >= 15 is 0 Å². The van der Waals surface area contributed by atoms with Crippen molar-refractivity contribution in [3.63, 3.8) is 0 Å². The molecule has 25 heavy (non-hydrogen) atoms. The van der Waals surface area contributed by atoms with Gasteiger partial charge in [-0.1, -0.05) is 24.3 Å². The quantitative estimate of drug-likeness (QED) is 0.758. The van der Waals surface area contributed by atoms with E-state index in [1.807, 2.05) is 42.2 Å². The number of hydrogen-bond acceptors (Lipinski definition) is 4. The highest BCUT2D eigenvalue weighted by Crippen LogP contribution is 2.31. The lowest BCUT2D eigenvalue weighted by molar-refractivity contribution is -0.130. The highest BCUT2D eigenvalue weighted by molar-refractivity contribution is 7.21. The van der Waals surface area contributed by atoms with E-state index in [1.165, 1.54) is 4.70 Å². The highest BCUT2D eigenvalue weighted by atomic mass is 32.1. The summed E-state index contributed by atoms with van der Waals surface area (Å²) in [4.78, 5) is 19.1. The number of carbonyl (C=O) groups excluding carboxylic acids is 1. The van der Waals surface area contributed by atoms with Crippen molar-refractivity contribution in [1.29, 1.82) is 0 Å². The van der Waals surface area contributed by atoms with Crippen LogP contribution in [0.4, 0.5) is 5.69 Å². The van der Waals surface area contributed by atoms with Crippen LogP contribution in [0.15, 0.2) is 48.5 Å². The van der Waals surface area contributed by atoms with Gasteiger partial charge in [-0.25, -0.2) is 4.98 Å². The molecular formula is C20H21N3OS. The van der Waals surface area contributed by atoms with Crippen LogP contribution in [0.2, 0.25) is 0 Å². The molecule has 1 N–H and O–H groups in total. The largest absolute Gasteiger partial charge is 0.374 e. The summed E-state index contributed by atoms with van der Waals surface area (Å²) in [6, 6.07) is 16.1. The van der Waals surface area contributed by atoms with E-state index in [4.69, 9.17) is 4.98 Å². The number of para-hydroxylation sites is 1. The SMILES string of the molecule is C[C@@H](Nc1cccc(-c2nc3ccccc3s2)c1)C(=O)N1CCCC1. The van der Waals surface area contributed by atoms with Crippen LogP contribution in [0.5, 0.6) is 0 Å². The Labute approximate surface area is 151 Å². The van der Waals surface area contributed by atoms with E-state index in [0.717, 1.165) is 47.7 Å². The minimum atomic E-state index is -0.219. The number of fused-ring (bicyclic) bond motifs is 1. The number of nitrogens with one attached hydrogen (secondary N) is 1. The van der Waals surface area contributed by atoms with Crippen molar-refractivity contribution in [2.24, 2.45) is 0 Å². The lowest BCUT2D eigenvalue weighted by atomic mass is 10.2. The molecule has 4 rings (SSSR count). The van der Waals surface area contributed by atoms with Crippen LogP contribution >= 0.6 is 11.3 Å². The maximum absolute atomic E-state index is 12.5. The van der Waals surface area contributed by atoms with Crippen LogP contribution in [-0.4, -0.2) is 34.9 Å². The number of amides is 1. The van der Waals surface area contributed by atoms with Crippen molar-refractivity contribution in [3.05, 3.63) is 48.5 Å². The van der Waals surface area contributed by atoms with E-state index in [9.17, 15) is 4.79 Å². The second kappa shape index (κ2) is 6.84. The van der Waals surface area contributed by atoms with E-state index < -0.39 is 0 Å². The molecule has 1 aromatic heterocycles. The standard InChI is InChI=1S/C20H21N3OS/c1-14(20(24)23-11-4-5-12-23)21-16-8-6-7-15(13-16)19-22-17-9-2-3-10-18(17)25-19/h2-3,6-10,13-14,21H,4-5,11-12H2,1H3/t14-/m1/s1. The molecular weight excluding hydrogens is 330 g/mol. The van der Waals surface area contributed by atoms with Crippen LogP contribution in [0.25, 0.3) is 20.8 Å². The molecule has 1 atom stereocenters. The van der Waals surface area contributed by atoms with Crippen LogP contribution in [0.3, 0.4) is 0 Å². The van der Waals surface area contributed by atoms with Gasteiger partial charge in [-0.2, -0.15) is 0 Å². The second-order valence-electron chi connectivity index (χ2n) is 6.47. The topological polar surface area (TPSA) is 45.2 Å². The first-order valence-electron chi connectivity index (χ1n) is 8.72. The molecule has 1 aliphatic rings. The first kappa shape index (κ1) is 16.1. The molecule has 0 bridgehead atoms. The Morgan fingerprint density at radius 2 is 1.96 bits per heavy atom. The molecule has 1 aliphatic heterocycles. The van der Waals surface area contributed by atoms with Gasteiger partial charge in [0.2, 0.25) is 5.91 Å². The number of carbonyl (C=O) groups is 1. The van der Waals surface area contributed by atoms with Crippen molar-refractivity contribution in [1.82, 2.24) is 9.88 Å². The predicted octanol–water partition coefficient (Wildman–Crippen LogP) is 4.39. The number of anilines is 1. The van der Waals surface area contributed by atoms with Gasteiger partial charge in [-0.3, -0.25) is 4.79 Å². The summed E-state index contributed by atoms with van der Waals surface area (Å²) >= 11 is 1.69. The van der Waals surface area contributed by atoms with Crippen molar-refractivity contribution in [3.8, 4) is 10.6 Å². The summed E-state index contributed by atoms with van der Waals surface area (Å²) in [5.41, 5.74) is 3.06. The van der Waals surface area contributed by atoms with Crippen molar-refractivity contribution >= 4 is 33.1 Å². The molecule has 4 nitrogen and oxygen atoms in total. The minimum absolute atomic E-state index is 0.183. The van der Waals surface area contributed by atoms with Crippen LogP contribution < -0.4 is 5.32 Å². The Morgan fingerprint density at radius 1 is 1.16 bits per heavy atom. The first-order valence-corrected chi connectivity index (χ1v) is 9.54. The van der Waals surface area contributed by atoms with Gasteiger partial charge >= 0.3 is 0 Å². The molecule has 2 aromatic carbocycles. The van der Waals surface area contributed by atoms with Crippen molar-refractivity contribution in [2.75, 3.05) is 18.4 Å². The molecule has 3 aromatic rings. The number of likely N-dealkylation sites (tertiary alicyclic amines) is 1. The lowest BCUT2D eigenvalue weighted by Gasteiger charge is -2.22. The molecule has 0 spiro atoms. The fraction of sp³-hybridized carbons (Fsp3) is 0.300. The normalized spacial score (nSPS) is 15.5. The zero-order chi connectivity index (χ0) is 17.2. The summed E-state index contributed by atoms with van der Waals surface area (Å²) in [6.07, 6.45) is 2.23. The zero-order valence-electron chi connectivity index (χ0n) is 14.2. The van der Waals surface area contributed by atoms with E-state index in [1.54, 1.807) is 11.3 Å². The predicted molar refractivity (Wildman–Crippen MR) is 104 cm³/mol. The van der Waals surface area contributed by atoms with Crippen molar-refractivity contribution in [2.45, 2.75) is 25.8 Å². The number of nitrogens with zero attached hydrogens (tertiary/aromatic N) is 2. The Kier molecular flexibility index (Phi) is 4.40. The first-order chi connectivity index (χ1) is 12.2. The third-order valence-electron chi connectivity index (χ3n) is 4.57. The summed E-state index contributed by atoms with van der Waals surface area (Å²) in [7, 11) is 0. The molecule has 0 saturated carbocycles. The van der Waals surface area contributed by atoms with Gasteiger partial charge in [0.1, 0.15) is 11.0 Å².